The molecule has 1 aliphatic rings. The molecule has 0 spiro atoms. The molecule has 1 aliphatic heterocycles. The summed E-state index contributed by atoms with van der Waals surface area (Å²) in [6.07, 6.45) is 2.56. The predicted octanol–water partition coefficient (Wildman–Crippen LogP) is 7.22. The second kappa shape index (κ2) is 14.3. The number of carbonyl (C=O) groups is 1. The van der Waals surface area contributed by atoms with Crippen LogP contribution in [0.1, 0.15) is 75.1 Å². The van der Waals surface area contributed by atoms with E-state index in [1.165, 1.54) is 5.56 Å². The highest BCUT2D eigenvalue weighted by Crippen LogP contribution is 2.37. The summed E-state index contributed by atoms with van der Waals surface area (Å²) in [5, 5.41) is 0. The standard InChI is InChI=1S/C27H30N2O3.2C2H6/c1-4-14-31-23-12-13-28-24(16-23)26(30)29-18-27(3,19-29)22-10-11-25(20(2)15-22)32-17-21-8-6-5-7-9-21;2*1-2/h5-13,15-16H,4,14,17-19H2,1-3H3;2*1-2H3. The zero-order valence-corrected chi connectivity index (χ0v) is 23.0. The van der Waals surface area contributed by atoms with Crippen LogP contribution in [0.3, 0.4) is 0 Å². The van der Waals surface area contributed by atoms with Gasteiger partial charge in [-0.05, 0) is 42.2 Å². The van der Waals surface area contributed by atoms with Crippen LogP contribution in [0.15, 0.2) is 66.9 Å². The number of carbonyl (C=O) groups excluding carboxylic acids is 1. The summed E-state index contributed by atoms with van der Waals surface area (Å²) in [6, 6.07) is 20.0. The molecule has 1 amide bonds. The summed E-state index contributed by atoms with van der Waals surface area (Å²) >= 11 is 0. The van der Waals surface area contributed by atoms with Crippen molar-refractivity contribution in [1.82, 2.24) is 9.88 Å². The van der Waals surface area contributed by atoms with Crippen molar-refractivity contribution in [3.63, 3.8) is 0 Å². The third-order valence-corrected chi connectivity index (χ3v) is 5.90. The van der Waals surface area contributed by atoms with Crippen LogP contribution in [0.5, 0.6) is 11.5 Å². The van der Waals surface area contributed by atoms with Crippen molar-refractivity contribution >= 4 is 5.91 Å². The molecule has 5 nitrogen and oxygen atoms in total. The number of aryl methyl sites for hydroxylation is 1. The molecular weight excluding hydrogens is 448 g/mol. The van der Waals surface area contributed by atoms with E-state index in [2.05, 4.69) is 50.0 Å². The molecule has 3 aromatic rings. The summed E-state index contributed by atoms with van der Waals surface area (Å²) in [4.78, 5) is 19.0. The van der Waals surface area contributed by atoms with E-state index >= 15 is 0 Å². The highest BCUT2D eigenvalue weighted by atomic mass is 16.5. The average Bonchev–Trinajstić information content (AvgIpc) is 2.92. The number of benzene rings is 2. The number of ether oxygens (including phenoxy) is 2. The molecule has 36 heavy (non-hydrogen) atoms. The molecule has 0 atom stereocenters. The highest BCUT2D eigenvalue weighted by molar-refractivity contribution is 5.93. The van der Waals surface area contributed by atoms with Gasteiger partial charge in [0, 0.05) is 30.8 Å². The van der Waals surface area contributed by atoms with Crippen LogP contribution in [-0.2, 0) is 12.0 Å². The first kappa shape index (κ1) is 28.9. The lowest BCUT2D eigenvalue weighted by atomic mass is 9.75. The van der Waals surface area contributed by atoms with E-state index in [1.54, 1.807) is 18.3 Å². The summed E-state index contributed by atoms with van der Waals surface area (Å²) < 4.78 is 11.7. The van der Waals surface area contributed by atoms with E-state index in [0.717, 1.165) is 23.3 Å². The highest BCUT2D eigenvalue weighted by Gasteiger charge is 2.43. The Bertz CT molecular complexity index is 1080. The second-order valence-electron chi connectivity index (χ2n) is 8.70. The first-order chi connectivity index (χ1) is 17.5. The van der Waals surface area contributed by atoms with Crippen LogP contribution in [0.4, 0.5) is 0 Å². The lowest BCUT2D eigenvalue weighted by Gasteiger charge is -2.48. The van der Waals surface area contributed by atoms with Crippen molar-refractivity contribution in [3.05, 3.63) is 89.2 Å². The number of amides is 1. The van der Waals surface area contributed by atoms with Crippen molar-refractivity contribution in [1.29, 1.82) is 0 Å². The normalized spacial score (nSPS) is 13.2. The molecular formula is C31H42N2O3. The molecule has 2 aromatic carbocycles. The number of nitrogens with zero attached hydrogens (tertiary/aromatic N) is 2. The first-order valence-corrected chi connectivity index (χ1v) is 13.1. The Kier molecular flexibility index (Phi) is 11.5. The van der Waals surface area contributed by atoms with E-state index in [9.17, 15) is 4.79 Å². The minimum absolute atomic E-state index is 0.0519. The predicted molar refractivity (Wildman–Crippen MR) is 148 cm³/mol. The topological polar surface area (TPSA) is 51.7 Å². The van der Waals surface area contributed by atoms with E-state index in [1.807, 2.05) is 56.9 Å². The fraction of sp³-hybridized carbons (Fsp3) is 0.419. The Morgan fingerprint density at radius 3 is 2.31 bits per heavy atom. The molecule has 2 heterocycles. The molecule has 5 heteroatoms. The quantitative estimate of drug-likeness (QED) is 0.334. The van der Waals surface area contributed by atoms with Crippen molar-refractivity contribution in [3.8, 4) is 11.5 Å². The van der Waals surface area contributed by atoms with Crippen LogP contribution < -0.4 is 9.47 Å². The zero-order chi connectivity index (χ0) is 26.6. The van der Waals surface area contributed by atoms with Crippen LogP contribution in [0.25, 0.3) is 0 Å². The molecule has 0 saturated carbocycles. The van der Waals surface area contributed by atoms with Gasteiger partial charge in [-0.25, -0.2) is 0 Å². The van der Waals surface area contributed by atoms with Gasteiger partial charge in [-0.1, -0.05) is 84.0 Å². The number of hydrogen-bond acceptors (Lipinski definition) is 4. The maximum Gasteiger partial charge on any atom is 0.272 e. The molecule has 0 bridgehead atoms. The molecule has 0 radical (unpaired) electrons. The summed E-state index contributed by atoms with van der Waals surface area (Å²) in [5.74, 6) is 1.53. The van der Waals surface area contributed by atoms with Crippen LogP contribution in [0.2, 0.25) is 0 Å². The molecule has 1 saturated heterocycles. The molecule has 1 aromatic heterocycles. The Morgan fingerprint density at radius 1 is 0.972 bits per heavy atom. The van der Waals surface area contributed by atoms with Gasteiger partial charge < -0.3 is 14.4 Å². The van der Waals surface area contributed by atoms with E-state index < -0.39 is 0 Å². The van der Waals surface area contributed by atoms with Gasteiger partial charge >= 0.3 is 0 Å². The summed E-state index contributed by atoms with van der Waals surface area (Å²) in [7, 11) is 0. The monoisotopic (exact) mass is 490 g/mol. The molecule has 0 N–H and O–H groups in total. The fourth-order valence-electron chi connectivity index (χ4n) is 4.04. The van der Waals surface area contributed by atoms with Gasteiger partial charge in [0.15, 0.2) is 0 Å². The molecule has 0 aliphatic carbocycles. The lowest BCUT2D eigenvalue weighted by molar-refractivity contribution is 0.0427. The zero-order valence-electron chi connectivity index (χ0n) is 23.0. The SMILES string of the molecule is CC.CC.CCCOc1ccnc(C(=O)N2CC(C)(c3ccc(OCc4ccccc4)c(C)c3)C2)c1. The minimum atomic E-state index is -0.0747. The maximum absolute atomic E-state index is 12.9. The largest absolute Gasteiger partial charge is 0.493 e. The van der Waals surface area contributed by atoms with Gasteiger partial charge in [0.1, 0.15) is 23.8 Å². The third kappa shape index (κ3) is 7.33. The number of hydrogen-bond donors (Lipinski definition) is 0. The molecule has 1 fully saturated rings. The molecule has 194 valence electrons. The van der Waals surface area contributed by atoms with Gasteiger partial charge in [0.2, 0.25) is 0 Å². The van der Waals surface area contributed by atoms with Crippen LogP contribution >= 0.6 is 0 Å². The average molecular weight is 491 g/mol. The Hall–Kier alpha value is -3.34. The smallest absolute Gasteiger partial charge is 0.272 e. The first-order valence-electron chi connectivity index (χ1n) is 13.1. The summed E-state index contributed by atoms with van der Waals surface area (Å²) in [6.45, 7) is 16.8. The Morgan fingerprint density at radius 2 is 1.67 bits per heavy atom. The third-order valence-electron chi connectivity index (χ3n) is 5.90. The Labute approximate surface area is 217 Å². The van der Waals surface area contributed by atoms with Gasteiger partial charge in [-0.2, -0.15) is 0 Å². The Balaban J connectivity index is 0.00000109. The minimum Gasteiger partial charge on any atom is -0.493 e. The van der Waals surface area contributed by atoms with Gasteiger partial charge in [-0.3, -0.25) is 9.78 Å². The fourth-order valence-corrected chi connectivity index (χ4v) is 4.04. The van der Waals surface area contributed by atoms with Crippen molar-refractivity contribution in [2.75, 3.05) is 19.7 Å². The van der Waals surface area contributed by atoms with Gasteiger partial charge in [0.25, 0.3) is 5.91 Å². The molecule has 4 rings (SSSR count). The number of pyridine rings is 1. The number of aromatic nitrogens is 1. The number of likely N-dealkylation sites (tertiary alicyclic amines) is 1. The van der Waals surface area contributed by atoms with Crippen LogP contribution in [-0.4, -0.2) is 35.5 Å². The van der Waals surface area contributed by atoms with E-state index in [4.69, 9.17) is 9.47 Å². The maximum atomic E-state index is 12.9. The second-order valence-corrected chi connectivity index (χ2v) is 8.70. The van der Waals surface area contributed by atoms with Crippen molar-refractivity contribution in [2.24, 2.45) is 0 Å². The van der Waals surface area contributed by atoms with E-state index in [-0.39, 0.29) is 11.3 Å². The number of rotatable bonds is 8. The van der Waals surface area contributed by atoms with Gasteiger partial charge in [0.05, 0.1) is 6.61 Å². The molecule has 0 unspecified atom stereocenters. The van der Waals surface area contributed by atoms with Crippen LogP contribution in [0, 0.1) is 6.92 Å². The van der Waals surface area contributed by atoms with E-state index in [0.29, 0.717) is 37.7 Å². The summed E-state index contributed by atoms with van der Waals surface area (Å²) in [5.41, 5.74) is 3.83. The van der Waals surface area contributed by atoms with Crippen molar-refractivity contribution in [2.45, 2.75) is 66.9 Å². The van der Waals surface area contributed by atoms with Crippen molar-refractivity contribution < 1.29 is 14.3 Å². The lowest BCUT2D eigenvalue weighted by Crippen LogP contribution is -2.59. The van der Waals surface area contributed by atoms with Gasteiger partial charge in [-0.15, -0.1) is 0 Å².